The van der Waals surface area contributed by atoms with Gasteiger partial charge in [-0.05, 0) is 62.6 Å². The number of rotatable bonds is 9. The number of methoxy groups -OCH3 is 2. The molecule has 0 amide bonds. The molecule has 2 aromatic carbocycles. The van der Waals surface area contributed by atoms with E-state index in [-0.39, 0.29) is 16.8 Å². The quantitative estimate of drug-likeness (QED) is 0.299. The van der Waals surface area contributed by atoms with Crippen molar-refractivity contribution in [2.75, 3.05) is 19.5 Å². The van der Waals surface area contributed by atoms with E-state index in [1.54, 1.807) is 26.4 Å². The molecule has 3 aromatic rings. The Hall–Kier alpha value is -2.64. The molecule has 1 N–H and O–H groups in total. The molecule has 1 aliphatic carbocycles. The molecule has 0 radical (unpaired) electrons. The summed E-state index contributed by atoms with van der Waals surface area (Å²) in [6, 6.07) is 8.47. The number of benzene rings is 2. The SMILES string of the molecule is CCC[C@@H](CC)OC.COc1cc2ncnc(Nc3cccc(Cl)c3F)c2cc1OC1CCC(C)CC1. The van der Waals surface area contributed by atoms with Gasteiger partial charge in [0.2, 0.25) is 0 Å². The first-order valence-corrected chi connectivity index (χ1v) is 13.5. The zero-order valence-corrected chi connectivity index (χ0v) is 23.3. The predicted molar refractivity (Wildman–Crippen MR) is 149 cm³/mol. The summed E-state index contributed by atoms with van der Waals surface area (Å²) in [6.45, 7) is 6.61. The van der Waals surface area contributed by atoms with Gasteiger partial charge in [-0.1, -0.05) is 44.9 Å². The third-order valence-corrected chi connectivity index (χ3v) is 7.07. The van der Waals surface area contributed by atoms with Gasteiger partial charge in [-0.15, -0.1) is 0 Å². The van der Waals surface area contributed by atoms with Crippen molar-refractivity contribution in [3.05, 3.63) is 47.5 Å². The molecular weight excluding hydrogens is 493 g/mol. The van der Waals surface area contributed by atoms with Crippen molar-refractivity contribution in [3.63, 3.8) is 0 Å². The second kappa shape index (κ2) is 14.3. The predicted octanol–water partition coefficient (Wildman–Crippen LogP) is 8.34. The van der Waals surface area contributed by atoms with Gasteiger partial charge in [0.15, 0.2) is 17.3 Å². The van der Waals surface area contributed by atoms with Crippen LogP contribution in [0, 0.1) is 11.7 Å². The van der Waals surface area contributed by atoms with Crippen molar-refractivity contribution < 1.29 is 18.6 Å². The van der Waals surface area contributed by atoms with Crippen LogP contribution in [0.4, 0.5) is 15.9 Å². The number of halogens is 2. The van der Waals surface area contributed by atoms with E-state index >= 15 is 0 Å². The van der Waals surface area contributed by atoms with Crippen LogP contribution in [0.5, 0.6) is 11.5 Å². The highest BCUT2D eigenvalue weighted by Crippen LogP contribution is 2.37. The highest BCUT2D eigenvalue weighted by molar-refractivity contribution is 6.31. The largest absolute Gasteiger partial charge is 0.493 e. The number of hydrogen-bond acceptors (Lipinski definition) is 6. The van der Waals surface area contributed by atoms with Crippen LogP contribution in [0.3, 0.4) is 0 Å². The van der Waals surface area contributed by atoms with E-state index in [0.29, 0.717) is 34.3 Å². The molecular formula is C29H39ClFN3O3. The van der Waals surface area contributed by atoms with Crippen molar-refractivity contribution >= 4 is 34.0 Å². The number of aromatic nitrogens is 2. The van der Waals surface area contributed by atoms with Gasteiger partial charge in [0.1, 0.15) is 12.1 Å². The molecule has 0 spiro atoms. The lowest BCUT2D eigenvalue weighted by Gasteiger charge is -2.27. The van der Waals surface area contributed by atoms with Gasteiger partial charge in [0.25, 0.3) is 0 Å². The standard InChI is InChI=1S/C22H23ClFN3O2.C7H16O/c1-13-6-8-14(9-7-13)29-20-10-15-18(11-19(20)28-2)25-12-26-22(15)27-17-5-3-4-16(23)21(17)24;1-4-6-7(5-2)8-3/h3-5,10-14H,6-9H2,1-2H3,(H,25,26,27);7H,4-6H2,1-3H3/t;7-/m.1/s1. The second-order valence-electron chi connectivity index (χ2n) is 9.52. The van der Waals surface area contributed by atoms with Crippen LogP contribution in [-0.2, 0) is 4.74 Å². The molecule has 1 fully saturated rings. The lowest BCUT2D eigenvalue weighted by atomic mass is 9.89. The Labute approximate surface area is 224 Å². The second-order valence-corrected chi connectivity index (χ2v) is 9.93. The zero-order chi connectivity index (χ0) is 26.8. The molecule has 1 aliphatic rings. The normalized spacial score (nSPS) is 18.0. The summed E-state index contributed by atoms with van der Waals surface area (Å²) in [4.78, 5) is 8.62. The topological polar surface area (TPSA) is 65.5 Å². The van der Waals surface area contributed by atoms with E-state index in [1.165, 1.54) is 25.2 Å². The van der Waals surface area contributed by atoms with E-state index < -0.39 is 5.82 Å². The molecule has 1 atom stereocenters. The first-order chi connectivity index (χ1) is 17.9. The fraction of sp³-hybridized carbons (Fsp3) is 0.517. The van der Waals surface area contributed by atoms with E-state index in [4.69, 9.17) is 25.8 Å². The third-order valence-electron chi connectivity index (χ3n) is 6.78. The summed E-state index contributed by atoms with van der Waals surface area (Å²) in [5.41, 5.74) is 0.920. The average molecular weight is 532 g/mol. The Kier molecular flexibility index (Phi) is 11.2. The lowest BCUT2D eigenvalue weighted by molar-refractivity contribution is 0.0915. The van der Waals surface area contributed by atoms with Crippen molar-refractivity contribution in [1.82, 2.24) is 9.97 Å². The number of nitrogens with zero attached hydrogens (tertiary/aromatic N) is 2. The lowest BCUT2D eigenvalue weighted by Crippen LogP contribution is -2.23. The van der Waals surface area contributed by atoms with Crippen molar-refractivity contribution in [1.29, 1.82) is 0 Å². The Balaban J connectivity index is 0.000000414. The van der Waals surface area contributed by atoms with Crippen LogP contribution in [0.1, 0.15) is 65.7 Å². The van der Waals surface area contributed by atoms with E-state index in [9.17, 15) is 4.39 Å². The first-order valence-electron chi connectivity index (χ1n) is 13.1. The van der Waals surface area contributed by atoms with Gasteiger partial charge in [-0.25, -0.2) is 14.4 Å². The first kappa shape index (κ1) is 28.9. The van der Waals surface area contributed by atoms with Gasteiger partial charge in [-0.3, -0.25) is 0 Å². The van der Waals surface area contributed by atoms with Crippen LogP contribution in [0.2, 0.25) is 5.02 Å². The summed E-state index contributed by atoms with van der Waals surface area (Å²) in [7, 11) is 3.39. The van der Waals surface area contributed by atoms with E-state index in [1.807, 2.05) is 12.1 Å². The molecule has 0 aliphatic heterocycles. The van der Waals surface area contributed by atoms with Crippen LogP contribution in [-0.4, -0.2) is 36.4 Å². The maximum absolute atomic E-state index is 14.3. The minimum Gasteiger partial charge on any atom is -0.493 e. The van der Waals surface area contributed by atoms with Gasteiger partial charge >= 0.3 is 0 Å². The molecule has 1 aromatic heterocycles. The molecule has 202 valence electrons. The van der Waals surface area contributed by atoms with Gasteiger partial charge in [0.05, 0.1) is 35.5 Å². The number of nitrogens with one attached hydrogen (secondary N) is 1. The van der Waals surface area contributed by atoms with Crippen molar-refractivity contribution in [2.45, 2.75) is 77.9 Å². The Morgan fingerprint density at radius 2 is 1.84 bits per heavy atom. The molecule has 0 unspecified atom stereocenters. The maximum atomic E-state index is 14.3. The van der Waals surface area contributed by atoms with Crippen molar-refractivity contribution in [3.8, 4) is 11.5 Å². The Morgan fingerprint density at radius 1 is 1.08 bits per heavy atom. The van der Waals surface area contributed by atoms with Crippen LogP contribution in [0.15, 0.2) is 36.7 Å². The third kappa shape index (κ3) is 7.92. The number of anilines is 2. The van der Waals surface area contributed by atoms with Gasteiger partial charge < -0.3 is 19.5 Å². The summed E-state index contributed by atoms with van der Waals surface area (Å²) in [5, 5.41) is 3.78. The monoisotopic (exact) mass is 531 g/mol. The van der Waals surface area contributed by atoms with Crippen LogP contribution in [0.25, 0.3) is 10.9 Å². The van der Waals surface area contributed by atoms with Crippen LogP contribution < -0.4 is 14.8 Å². The molecule has 4 rings (SSSR count). The smallest absolute Gasteiger partial charge is 0.165 e. The van der Waals surface area contributed by atoms with Crippen molar-refractivity contribution in [2.24, 2.45) is 5.92 Å². The highest BCUT2D eigenvalue weighted by Gasteiger charge is 2.22. The fourth-order valence-corrected chi connectivity index (χ4v) is 4.66. The molecule has 6 nitrogen and oxygen atoms in total. The molecule has 1 heterocycles. The minimum atomic E-state index is -0.526. The fourth-order valence-electron chi connectivity index (χ4n) is 4.48. The molecule has 1 saturated carbocycles. The molecule has 8 heteroatoms. The summed E-state index contributed by atoms with van der Waals surface area (Å²) < 4.78 is 31.3. The van der Waals surface area contributed by atoms with Gasteiger partial charge in [0, 0.05) is 18.6 Å². The maximum Gasteiger partial charge on any atom is 0.165 e. The Morgan fingerprint density at radius 3 is 2.46 bits per heavy atom. The molecule has 37 heavy (non-hydrogen) atoms. The average Bonchev–Trinajstić information content (AvgIpc) is 2.91. The van der Waals surface area contributed by atoms with Gasteiger partial charge in [-0.2, -0.15) is 0 Å². The van der Waals surface area contributed by atoms with E-state index in [2.05, 4.69) is 36.1 Å². The summed E-state index contributed by atoms with van der Waals surface area (Å²) in [5.74, 6) is 1.95. The highest BCUT2D eigenvalue weighted by atomic mass is 35.5. The zero-order valence-electron chi connectivity index (χ0n) is 22.5. The summed E-state index contributed by atoms with van der Waals surface area (Å²) >= 11 is 5.90. The molecule has 0 saturated heterocycles. The van der Waals surface area contributed by atoms with Crippen LogP contribution >= 0.6 is 11.6 Å². The summed E-state index contributed by atoms with van der Waals surface area (Å²) in [6.07, 6.45) is 10.0. The number of ether oxygens (including phenoxy) is 3. The van der Waals surface area contributed by atoms with E-state index in [0.717, 1.165) is 38.0 Å². The minimum absolute atomic E-state index is 0.0468. The number of hydrogen-bond donors (Lipinski definition) is 1. The molecule has 0 bridgehead atoms. The number of fused-ring (bicyclic) bond motifs is 1. The Bertz CT molecular complexity index is 1130.